The number of hydrogen-bond donors (Lipinski definition) is 1. The van der Waals surface area contributed by atoms with Crippen LogP contribution in [0.25, 0.3) is 0 Å². The summed E-state index contributed by atoms with van der Waals surface area (Å²) in [5.41, 5.74) is 4.15. The molecule has 0 aliphatic heterocycles. The first-order chi connectivity index (χ1) is 11.6. The fourth-order valence-electron chi connectivity index (χ4n) is 2.50. The molecule has 0 bridgehead atoms. The number of nitrogens with one attached hydrogen (secondary N) is 1. The number of anilines is 1. The summed E-state index contributed by atoms with van der Waals surface area (Å²) < 4.78 is 1.49. The smallest absolute Gasteiger partial charge is 0.249 e. The average Bonchev–Trinajstić information content (AvgIpc) is 3.11. The molecule has 3 aromatic rings. The molecule has 122 valence electrons. The quantitative estimate of drug-likeness (QED) is 0.784. The van der Waals surface area contributed by atoms with E-state index in [2.05, 4.69) is 20.8 Å². The highest BCUT2D eigenvalue weighted by molar-refractivity contribution is 5.93. The van der Waals surface area contributed by atoms with Crippen molar-refractivity contribution in [2.45, 2.75) is 26.3 Å². The zero-order valence-corrected chi connectivity index (χ0v) is 13.7. The first-order valence-corrected chi connectivity index (χ1v) is 7.78. The first-order valence-electron chi connectivity index (χ1n) is 7.78. The van der Waals surface area contributed by atoms with Gasteiger partial charge in [0.1, 0.15) is 12.4 Å². The van der Waals surface area contributed by atoms with Gasteiger partial charge < -0.3 is 5.32 Å². The molecule has 3 rings (SSSR count). The zero-order valence-electron chi connectivity index (χ0n) is 13.7. The van der Waals surface area contributed by atoms with Crippen LogP contribution in [0.5, 0.6) is 0 Å². The van der Waals surface area contributed by atoms with Crippen LogP contribution in [0.1, 0.15) is 22.7 Å². The number of rotatable bonds is 5. The Morgan fingerprint density at radius 1 is 1.12 bits per heavy atom. The van der Waals surface area contributed by atoms with Gasteiger partial charge >= 0.3 is 0 Å². The molecule has 0 aliphatic rings. The minimum absolute atomic E-state index is 0.144. The minimum Gasteiger partial charge on any atom is -0.324 e. The largest absolute Gasteiger partial charge is 0.324 e. The second kappa shape index (κ2) is 7.04. The summed E-state index contributed by atoms with van der Waals surface area (Å²) in [6.07, 6.45) is 1.98. The average molecular weight is 321 g/mol. The van der Waals surface area contributed by atoms with Crippen LogP contribution in [0, 0.1) is 13.8 Å². The highest BCUT2D eigenvalue weighted by atomic mass is 16.2. The lowest BCUT2D eigenvalue weighted by molar-refractivity contribution is -0.119. The number of benzene rings is 2. The second-order valence-corrected chi connectivity index (χ2v) is 5.78. The number of carbonyl (C=O) groups excluding carboxylic acids is 1. The third-order valence-corrected chi connectivity index (χ3v) is 4.03. The van der Waals surface area contributed by atoms with E-state index in [1.165, 1.54) is 16.6 Å². The minimum atomic E-state index is -0.510. The lowest BCUT2D eigenvalue weighted by Gasteiger charge is -2.17. The van der Waals surface area contributed by atoms with E-state index < -0.39 is 6.04 Å². The highest BCUT2D eigenvalue weighted by Crippen LogP contribution is 2.18. The van der Waals surface area contributed by atoms with Gasteiger partial charge in [0.15, 0.2) is 0 Å². The number of nitrogens with zero attached hydrogens (tertiary/aromatic N) is 4. The van der Waals surface area contributed by atoms with E-state index in [1.807, 2.05) is 62.4 Å². The molecular formula is C18H19N5O. The Morgan fingerprint density at radius 3 is 2.58 bits per heavy atom. The highest BCUT2D eigenvalue weighted by Gasteiger charge is 2.22. The number of amides is 1. The molecule has 0 aliphatic carbocycles. The van der Waals surface area contributed by atoms with E-state index >= 15 is 0 Å². The van der Waals surface area contributed by atoms with Crippen molar-refractivity contribution in [2.75, 3.05) is 5.32 Å². The summed E-state index contributed by atoms with van der Waals surface area (Å²) in [6.45, 7) is 4.06. The van der Waals surface area contributed by atoms with Crippen LogP contribution in [-0.4, -0.2) is 26.1 Å². The molecule has 6 heteroatoms. The number of tetrazole rings is 1. The van der Waals surface area contributed by atoms with E-state index in [0.717, 1.165) is 16.8 Å². The van der Waals surface area contributed by atoms with E-state index in [4.69, 9.17) is 0 Å². The van der Waals surface area contributed by atoms with Gasteiger partial charge in [0.05, 0.1) is 0 Å². The molecular weight excluding hydrogens is 302 g/mol. The fraction of sp³-hybridized carbons (Fsp3) is 0.222. The van der Waals surface area contributed by atoms with Crippen molar-refractivity contribution in [3.8, 4) is 0 Å². The Bertz CT molecular complexity index is 815. The molecule has 1 atom stereocenters. The Labute approximate surface area is 140 Å². The summed E-state index contributed by atoms with van der Waals surface area (Å²) in [5, 5.41) is 14.2. The maximum absolute atomic E-state index is 12.8. The normalized spacial score (nSPS) is 11.9. The Hall–Kier alpha value is -3.02. The van der Waals surface area contributed by atoms with Gasteiger partial charge in [0.2, 0.25) is 5.91 Å². The standard InChI is InChI=1S/C18H19N5O/c1-13-8-9-16(10-14(13)2)20-18(24)17(23-12-19-21-22-23)11-15-6-4-3-5-7-15/h3-10,12,17H,11H2,1-2H3,(H,20,24). The maximum atomic E-state index is 12.8. The summed E-state index contributed by atoms with van der Waals surface area (Å²) in [6, 6.07) is 15.2. The van der Waals surface area contributed by atoms with Gasteiger partial charge in [-0.3, -0.25) is 4.79 Å². The van der Waals surface area contributed by atoms with Crippen LogP contribution in [-0.2, 0) is 11.2 Å². The third kappa shape index (κ3) is 3.65. The number of aromatic nitrogens is 4. The molecule has 0 fully saturated rings. The second-order valence-electron chi connectivity index (χ2n) is 5.78. The van der Waals surface area contributed by atoms with E-state index in [0.29, 0.717) is 6.42 Å². The molecule has 0 radical (unpaired) electrons. The molecule has 1 amide bonds. The fourth-order valence-corrected chi connectivity index (χ4v) is 2.50. The Morgan fingerprint density at radius 2 is 1.92 bits per heavy atom. The van der Waals surface area contributed by atoms with Crippen LogP contribution < -0.4 is 5.32 Å². The molecule has 0 spiro atoms. The summed E-state index contributed by atoms with van der Waals surface area (Å²) in [4.78, 5) is 12.8. The summed E-state index contributed by atoms with van der Waals surface area (Å²) in [5.74, 6) is -0.144. The number of hydrogen-bond acceptors (Lipinski definition) is 4. The molecule has 6 nitrogen and oxygen atoms in total. The van der Waals surface area contributed by atoms with E-state index in [-0.39, 0.29) is 5.91 Å². The van der Waals surface area contributed by atoms with Gasteiger partial charge in [-0.15, -0.1) is 5.10 Å². The molecule has 0 saturated carbocycles. The van der Waals surface area contributed by atoms with Gasteiger partial charge in [0.25, 0.3) is 0 Å². The third-order valence-electron chi connectivity index (χ3n) is 4.03. The lowest BCUT2D eigenvalue weighted by atomic mass is 10.0. The van der Waals surface area contributed by atoms with Crippen molar-refractivity contribution in [1.82, 2.24) is 20.2 Å². The Kier molecular flexibility index (Phi) is 4.65. The van der Waals surface area contributed by atoms with Crippen LogP contribution in [0.15, 0.2) is 54.9 Å². The number of carbonyl (C=O) groups is 1. The molecule has 24 heavy (non-hydrogen) atoms. The molecule has 1 unspecified atom stereocenters. The maximum Gasteiger partial charge on any atom is 0.249 e. The van der Waals surface area contributed by atoms with Gasteiger partial charge in [-0.05, 0) is 53.1 Å². The van der Waals surface area contributed by atoms with Gasteiger partial charge in [-0.1, -0.05) is 36.4 Å². The van der Waals surface area contributed by atoms with Crippen LogP contribution in [0.4, 0.5) is 5.69 Å². The molecule has 1 aromatic heterocycles. The van der Waals surface area contributed by atoms with E-state index in [1.54, 1.807) is 0 Å². The predicted octanol–water partition coefficient (Wildman–Crippen LogP) is 2.71. The number of aryl methyl sites for hydroxylation is 2. The van der Waals surface area contributed by atoms with Crippen molar-refractivity contribution in [1.29, 1.82) is 0 Å². The van der Waals surface area contributed by atoms with E-state index in [9.17, 15) is 4.79 Å². The van der Waals surface area contributed by atoms with Crippen LogP contribution >= 0.6 is 0 Å². The lowest BCUT2D eigenvalue weighted by Crippen LogP contribution is -2.28. The van der Waals surface area contributed by atoms with Gasteiger partial charge in [0, 0.05) is 12.1 Å². The first kappa shape index (κ1) is 15.9. The van der Waals surface area contributed by atoms with Crippen LogP contribution in [0.2, 0.25) is 0 Å². The van der Waals surface area contributed by atoms with Gasteiger partial charge in [-0.2, -0.15) is 0 Å². The predicted molar refractivity (Wildman–Crippen MR) is 91.5 cm³/mol. The van der Waals surface area contributed by atoms with Crippen molar-refractivity contribution in [3.63, 3.8) is 0 Å². The molecule has 0 saturated heterocycles. The SMILES string of the molecule is Cc1ccc(NC(=O)C(Cc2ccccc2)n2cnnn2)cc1C. The molecule has 1 heterocycles. The van der Waals surface area contributed by atoms with Gasteiger partial charge in [-0.25, -0.2) is 4.68 Å². The molecule has 2 aromatic carbocycles. The molecule has 1 N–H and O–H groups in total. The Balaban J connectivity index is 1.82. The monoisotopic (exact) mass is 321 g/mol. The van der Waals surface area contributed by atoms with Crippen molar-refractivity contribution >= 4 is 11.6 Å². The topological polar surface area (TPSA) is 72.7 Å². The van der Waals surface area contributed by atoms with Crippen molar-refractivity contribution < 1.29 is 4.79 Å². The summed E-state index contributed by atoms with van der Waals surface area (Å²) >= 11 is 0. The summed E-state index contributed by atoms with van der Waals surface area (Å²) in [7, 11) is 0. The van der Waals surface area contributed by atoms with Crippen molar-refractivity contribution in [3.05, 3.63) is 71.5 Å². The van der Waals surface area contributed by atoms with Crippen LogP contribution in [0.3, 0.4) is 0 Å². The zero-order chi connectivity index (χ0) is 16.9. The van der Waals surface area contributed by atoms with Crippen molar-refractivity contribution in [2.24, 2.45) is 0 Å².